The molecule has 1 N–H and O–H groups in total. The van der Waals surface area contributed by atoms with Gasteiger partial charge in [0.25, 0.3) is 0 Å². The van der Waals surface area contributed by atoms with Crippen LogP contribution in [-0.4, -0.2) is 33.7 Å². The van der Waals surface area contributed by atoms with Crippen LogP contribution < -0.4 is 4.90 Å². The number of carboxylic acid groups (broad SMARTS) is 1. The molecule has 0 aliphatic rings. The number of para-hydroxylation sites is 1. The highest BCUT2D eigenvalue weighted by Crippen LogP contribution is 2.15. The van der Waals surface area contributed by atoms with Crippen LogP contribution in [0.15, 0.2) is 42.7 Å². The van der Waals surface area contributed by atoms with E-state index in [4.69, 9.17) is 5.11 Å². The maximum absolute atomic E-state index is 10.7. The molecular formula is C16H21N3O2. The van der Waals surface area contributed by atoms with Crippen molar-refractivity contribution in [2.45, 2.75) is 19.3 Å². The highest BCUT2D eigenvalue weighted by atomic mass is 16.4. The Hall–Kier alpha value is -2.30. The maximum atomic E-state index is 10.7. The SMILES string of the molecule is Cn1ccnc1CCN(CCCC(=O)O)c1ccccc1. The Kier molecular flexibility index (Phi) is 5.37. The van der Waals surface area contributed by atoms with Gasteiger partial charge in [-0.15, -0.1) is 0 Å². The number of aromatic nitrogens is 2. The molecule has 5 heteroatoms. The minimum absolute atomic E-state index is 0.200. The second-order valence-electron chi connectivity index (χ2n) is 5.02. The maximum Gasteiger partial charge on any atom is 0.303 e. The van der Waals surface area contributed by atoms with Crippen LogP contribution in [0.25, 0.3) is 0 Å². The van der Waals surface area contributed by atoms with Crippen LogP contribution in [0.4, 0.5) is 5.69 Å². The summed E-state index contributed by atoms with van der Waals surface area (Å²) in [6, 6.07) is 10.1. The van der Waals surface area contributed by atoms with Crippen LogP contribution in [0, 0.1) is 0 Å². The largest absolute Gasteiger partial charge is 0.481 e. The lowest BCUT2D eigenvalue weighted by molar-refractivity contribution is -0.137. The molecule has 21 heavy (non-hydrogen) atoms. The van der Waals surface area contributed by atoms with E-state index in [1.165, 1.54) is 0 Å². The van der Waals surface area contributed by atoms with Crippen LogP contribution in [0.2, 0.25) is 0 Å². The third-order valence-corrected chi connectivity index (χ3v) is 3.47. The standard InChI is InChI=1S/C16H21N3O2/c1-18-13-10-17-15(18)9-12-19(11-5-8-16(20)21)14-6-3-2-4-7-14/h2-4,6-7,10,13H,5,8-9,11-12H2,1H3,(H,20,21). The van der Waals surface area contributed by atoms with Crippen LogP contribution >= 0.6 is 0 Å². The molecule has 0 aliphatic carbocycles. The fourth-order valence-corrected chi connectivity index (χ4v) is 2.30. The summed E-state index contributed by atoms with van der Waals surface area (Å²) in [6.07, 6.45) is 5.42. The topological polar surface area (TPSA) is 58.4 Å². The Bertz CT molecular complexity index is 566. The number of carbonyl (C=O) groups is 1. The molecule has 1 aromatic heterocycles. The molecule has 0 bridgehead atoms. The Morgan fingerprint density at radius 2 is 2.05 bits per heavy atom. The van der Waals surface area contributed by atoms with Crippen molar-refractivity contribution >= 4 is 11.7 Å². The van der Waals surface area contributed by atoms with Gasteiger partial charge in [-0.3, -0.25) is 4.79 Å². The first kappa shape index (κ1) is 15.1. The summed E-state index contributed by atoms with van der Waals surface area (Å²) in [5.41, 5.74) is 1.12. The second-order valence-corrected chi connectivity index (χ2v) is 5.02. The van der Waals surface area contributed by atoms with E-state index in [9.17, 15) is 4.79 Å². The lowest BCUT2D eigenvalue weighted by Gasteiger charge is -2.24. The second kappa shape index (κ2) is 7.47. The van der Waals surface area contributed by atoms with Gasteiger partial charge in [-0.25, -0.2) is 4.98 Å². The van der Waals surface area contributed by atoms with Gasteiger partial charge in [0.15, 0.2) is 0 Å². The number of nitrogens with zero attached hydrogens (tertiary/aromatic N) is 3. The Morgan fingerprint density at radius 3 is 2.67 bits per heavy atom. The highest BCUT2D eigenvalue weighted by Gasteiger charge is 2.09. The van der Waals surface area contributed by atoms with E-state index in [-0.39, 0.29) is 6.42 Å². The lowest BCUT2D eigenvalue weighted by atomic mass is 10.2. The third-order valence-electron chi connectivity index (χ3n) is 3.47. The molecule has 112 valence electrons. The van der Waals surface area contributed by atoms with Gasteiger partial charge in [0.2, 0.25) is 0 Å². The number of rotatable bonds is 8. The fraction of sp³-hybridized carbons (Fsp3) is 0.375. The summed E-state index contributed by atoms with van der Waals surface area (Å²) in [5, 5.41) is 8.78. The highest BCUT2D eigenvalue weighted by molar-refractivity contribution is 5.66. The average Bonchev–Trinajstić information content (AvgIpc) is 2.88. The van der Waals surface area contributed by atoms with Crippen molar-refractivity contribution in [2.24, 2.45) is 7.05 Å². The van der Waals surface area contributed by atoms with Gasteiger partial charge in [-0.1, -0.05) is 18.2 Å². The van der Waals surface area contributed by atoms with E-state index >= 15 is 0 Å². The zero-order chi connectivity index (χ0) is 15.1. The first-order chi connectivity index (χ1) is 10.2. The minimum Gasteiger partial charge on any atom is -0.481 e. The predicted octanol–water partition coefficient (Wildman–Crippen LogP) is 2.33. The molecule has 1 aromatic carbocycles. The molecule has 5 nitrogen and oxygen atoms in total. The summed E-state index contributed by atoms with van der Waals surface area (Å²) >= 11 is 0. The van der Waals surface area contributed by atoms with Crippen molar-refractivity contribution < 1.29 is 9.90 Å². The lowest BCUT2D eigenvalue weighted by Crippen LogP contribution is -2.28. The van der Waals surface area contributed by atoms with Gasteiger partial charge in [0.1, 0.15) is 5.82 Å². The molecule has 0 unspecified atom stereocenters. The van der Waals surface area contributed by atoms with Gasteiger partial charge in [0, 0.05) is 51.1 Å². The van der Waals surface area contributed by atoms with Gasteiger partial charge in [0.05, 0.1) is 0 Å². The molecule has 0 spiro atoms. The third kappa shape index (κ3) is 4.63. The number of aryl methyl sites for hydroxylation is 1. The van der Waals surface area contributed by atoms with Crippen LogP contribution in [0.1, 0.15) is 18.7 Å². The molecule has 2 aromatic rings. The molecular weight excluding hydrogens is 266 g/mol. The summed E-state index contributed by atoms with van der Waals surface area (Å²) in [7, 11) is 1.99. The minimum atomic E-state index is -0.743. The number of imidazole rings is 1. The molecule has 1 heterocycles. The van der Waals surface area contributed by atoms with Crippen molar-refractivity contribution in [2.75, 3.05) is 18.0 Å². The van der Waals surface area contributed by atoms with Crippen molar-refractivity contribution in [1.29, 1.82) is 0 Å². The molecule has 0 saturated heterocycles. The van der Waals surface area contributed by atoms with E-state index in [1.54, 1.807) is 6.20 Å². The van der Waals surface area contributed by atoms with Gasteiger partial charge < -0.3 is 14.6 Å². The summed E-state index contributed by atoms with van der Waals surface area (Å²) in [6.45, 7) is 1.56. The van der Waals surface area contributed by atoms with Gasteiger partial charge in [-0.05, 0) is 18.6 Å². The quantitative estimate of drug-likeness (QED) is 0.809. The van der Waals surface area contributed by atoms with Crippen LogP contribution in [0.5, 0.6) is 0 Å². The number of aliphatic carboxylic acids is 1. The Balaban J connectivity index is 1.98. The van der Waals surface area contributed by atoms with Crippen molar-refractivity contribution in [3.63, 3.8) is 0 Å². The van der Waals surface area contributed by atoms with Gasteiger partial charge >= 0.3 is 5.97 Å². The smallest absolute Gasteiger partial charge is 0.303 e. The fourth-order valence-electron chi connectivity index (χ4n) is 2.30. The van der Waals surface area contributed by atoms with E-state index in [0.29, 0.717) is 6.42 Å². The monoisotopic (exact) mass is 287 g/mol. The molecule has 0 aliphatic heterocycles. The Morgan fingerprint density at radius 1 is 1.29 bits per heavy atom. The number of hydrogen-bond donors (Lipinski definition) is 1. The number of anilines is 1. The van der Waals surface area contributed by atoms with Crippen molar-refractivity contribution in [3.05, 3.63) is 48.5 Å². The number of hydrogen-bond acceptors (Lipinski definition) is 3. The van der Waals surface area contributed by atoms with E-state index in [1.807, 2.05) is 36.0 Å². The molecule has 0 fully saturated rings. The first-order valence-electron chi connectivity index (χ1n) is 7.15. The predicted molar refractivity (Wildman–Crippen MR) is 82.4 cm³/mol. The van der Waals surface area contributed by atoms with Crippen molar-refractivity contribution in [3.8, 4) is 0 Å². The first-order valence-corrected chi connectivity index (χ1v) is 7.15. The van der Waals surface area contributed by atoms with Crippen molar-refractivity contribution in [1.82, 2.24) is 9.55 Å². The van der Waals surface area contributed by atoms with Crippen LogP contribution in [-0.2, 0) is 18.3 Å². The molecule has 0 atom stereocenters. The van der Waals surface area contributed by atoms with E-state index in [0.717, 1.165) is 31.0 Å². The van der Waals surface area contributed by atoms with E-state index in [2.05, 4.69) is 22.0 Å². The normalized spacial score (nSPS) is 10.5. The zero-order valence-corrected chi connectivity index (χ0v) is 12.3. The molecule has 0 amide bonds. The van der Waals surface area contributed by atoms with E-state index < -0.39 is 5.97 Å². The number of benzene rings is 1. The van der Waals surface area contributed by atoms with Gasteiger partial charge in [-0.2, -0.15) is 0 Å². The molecule has 0 saturated carbocycles. The number of carboxylic acids is 1. The summed E-state index contributed by atoms with van der Waals surface area (Å²) in [5.74, 6) is 0.293. The summed E-state index contributed by atoms with van der Waals surface area (Å²) in [4.78, 5) is 17.2. The average molecular weight is 287 g/mol. The summed E-state index contributed by atoms with van der Waals surface area (Å²) < 4.78 is 2.01. The Labute approximate surface area is 124 Å². The zero-order valence-electron chi connectivity index (χ0n) is 12.3. The molecule has 2 rings (SSSR count). The molecule has 0 radical (unpaired) electrons. The van der Waals surface area contributed by atoms with Crippen LogP contribution in [0.3, 0.4) is 0 Å².